The molecule has 3 heterocycles. The molecule has 1 aliphatic rings. The minimum absolute atomic E-state index is 0.0700. The van der Waals surface area contributed by atoms with Gasteiger partial charge >= 0.3 is 0 Å². The molecule has 5 rings (SSSR count). The fourth-order valence-electron chi connectivity index (χ4n) is 4.08. The molecule has 0 bridgehead atoms. The van der Waals surface area contributed by atoms with E-state index in [4.69, 9.17) is 0 Å². The van der Waals surface area contributed by atoms with E-state index in [1.165, 1.54) is 0 Å². The molecule has 31 heavy (non-hydrogen) atoms. The molecule has 4 nitrogen and oxygen atoms in total. The third-order valence-corrected chi connectivity index (χ3v) is 7.44. The SMILES string of the molecule is Cc1nc(CSc2ccc(C(=O)N3CCn4cccc4C3c3ccccc3)cc2)cs1. The van der Waals surface area contributed by atoms with Gasteiger partial charge in [-0.1, -0.05) is 30.3 Å². The van der Waals surface area contributed by atoms with Gasteiger partial charge in [-0.25, -0.2) is 4.98 Å². The highest BCUT2D eigenvalue weighted by atomic mass is 32.2. The Bertz CT molecular complexity index is 1180. The Morgan fingerprint density at radius 2 is 1.87 bits per heavy atom. The van der Waals surface area contributed by atoms with Crippen LogP contribution in [0.15, 0.2) is 83.2 Å². The number of hydrogen-bond donors (Lipinski definition) is 0. The highest BCUT2D eigenvalue weighted by molar-refractivity contribution is 7.98. The largest absolute Gasteiger partial charge is 0.348 e. The fourth-order valence-corrected chi connectivity index (χ4v) is 5.59. The van der Waals surface area contributed by atoms with Crippen LogP contribution < -0.4 is 0 Å². The predicted octanol–water partition coefficient (Wildman–Crippen LogP) is 5.79. The summed E-state index contributed by atoms with van der Waals surface area (Å²) in [5, 5.41) is 3.20. The molecule has 1 aliphatic heterocycles. The number of amides is 1. The summed E-state index contributed by atoms with van der Waals surface area (Å²) in [5.41, 5.74) is 4.14. The second kappa shape index (κ2) is 8.73. The molecule has 1 atom stereocenters. The molecule has 2 aromatic heterocycles. The van der Waals surface area contributed by atoms with Gasteiger partial charge in [0.15, 0.2) is 0 Å². The normalized spacial score (nSPS) is 15.6. The summed E-state index contributed by atoms with van der Waals surface area (Å²) in [7, 11) is 0. The van der Waals surface area contributed by atoms with Gasteiger partial charge in [0, 0.05) is 46.6 Å². The Morgan fingerprint density at radius 3 is 2.61 bits per heavy atom. The van der Waals surface area contributed by atoms with Gasteiger partial charge in [0.05, 0.1) is 16.7 Å². The molecule has 0 saturated heterocycles. The minimum Gasteiger partial charge on any atom is -0.348 e. The Hall–Kier alpha value is -2.83. The van der Waals surface area contributed by atoms with Crippen molar-refractivity contribution in [2.24, 2.45) is 0 Å². The van der Waals surface area contributed by atoms with E-state index in [1.54, 1.807) is 23.1 Å². The maximum absolute atomic E-state index is 13.5. The first-order chi connectivity index (χ1) is 15.2. The number of fused-ring (bicyclic) bond motifs is 1. The van der Waals surface area contributed by atoms with E-state index in [2.05, 4.69) is 45.4 Å². The van der Waals surface area contributed by atoms with Crippen LogP contribution in [-0.2, 0) is 12.3 Å². The molecule has 6 heteroatoms. The number of benzene rings is 2. The highest BCUT2D eigenvalue weighted by Crippen LogP contribution is 2.33. The molecule has 156 valence electrons. The third-order valence-electron chi connectivity index (χ3n) is 5.57. The number of aryl methyl sites for hydroxylation is 1. The van der Waals surface area contributed by atoms with E-state index in [1.807, 2.05) is 54.3 Å². The van der Waals surface area contributed by atoms with Crippen LogP contribution in [0.4, 0.5) is 0 Å². The lowest BCUT2D eigenvalue weighted by Gasteiger charge is -2.37. The molecule has 2 aromatic carbocycles. The molecule has 0 N–H and O–H groups in total. The summed E-state index contributed by atoms with van der Waals surface area (Å²) in [4.78, 5) is 21.2. The summed E-state index contributed by atoms with van der Waals surface area (Å²) in [6.07, 6.45) is 2.10. The van der Waals surface area contributed by atoms with Crippen LogP contribution in [0, 0.1) is 6.92 Å². The molecule has 0 radical (unpaired) electrons. The number of rotatable bonds is 5. The monoisotopic (exact) mass is 445 g/mol. The van der Waals surface area contributed by atoms with E-state index in [0.717, 1.165) is 44.7 Å². The van der Waals surface area contributed by atoms with Gasteiger partial charge in [-0.15, -0.1) is 23.1 Å². The first-order valence-corrected chi connectivity index (χ1v) is 12.2. The van der Waals surface area contributed by atoms with E-state index >= 15 is 0 Å². The van der Waals surface area contributed by atoms with Crippen molar-refractivity contribution in [1.82, 2.24) is 14.5 Å². The number of thioether (sulfide) groups is 1. The molecule has 0 saturated carbocycles. The van der Waals surface area contributed by atoms with E-state index in [0.29, 0.717) is 6.54 Å². The number of nitrogens with zero attached hydrogens (tertiary/aromatic N) is 3. The smallest absolute Gasteiger partial charge is 0.254 e. The van der Waals surface area contributed by atoms with Crippen molar-refractivity contribution >= 4 is 29.0 Å². The second-order valence-corrected chi connectivity index (χ2v) is 9.72. The lowest BCUT2D eigenvalue weighted by Crippen LogP contribution is -2.42. The van der Waals surface area contributed by atoms with Crippen molar-refractivity contribution in [3.63, 3.8) is 0 Å². The zero-order valence-corrected chi connectivity index (χ0v) is 18.9. The van der Waals surface area contributed by atoms with Gasteiger partial charge < -0.3 is 9.47 Å². The van der Waals surface area contributed by atoms with Crippen LogP contribution in [0.5, 0.6) is 0 Å². The summed E-state index contributed by atoms with van der Waals surface area (Å²) in [5.74, 6) is 0.921. The summed E-state index contributed by atoms with van der Waals surface area (Å²) < 4.78 is 2.25. The molecule has 1 unspecified atom stereocenters. The first kappa shape index (κ1) is 20.1. The van der Waals surface area contributed by atoms with Crippen molar-refractivity contribution in [2.75, 3.05) is 6.54 Å². The first-order valence-electron chi connectivity index (χ1n) is 10.3. The lowest BCUT2D eigenvalue weighted by atomic mass is 9.99. The van der Waals surface area contributed by atoms with E-state index in [-0.39, 0.29) is 11.9 Å². The van der Waals surface area contributed by atoms with Crippen molar-refractivity contribution in [2.45, 2.75) is 30.2 Å². The Morgan fingerprint density at radius 1 is 1.06 bits per heavy atom. The lowest BCUT2D eigenvalue weighted by molar-refractivity contribution is 0.0664. The molecule has 0 aliphatic carbocycles. The van der Waals surface area contributed by atoms with E-state index in [9.17, 15) is 4.79 Å². The van der Waals surface area contributed by atoms with Crippen molar-refractivity contribution in [3.8, 4) is 0 Å². The topological polar surface area (TPSA) is 38.1 Å². The van der Waals surface area contributed by atoms with Gasteiger partial charge in [-0.3, -0.25) is 4.79 Å². The van der Waals surface area contributed by atoms with Crippen molar-refractivity contribution in [1.29, 1.82) is 0 Å². The number of carbonyl (C=O) groups is 1. The number of carbonyl (C=O) groups excluding carboxylic acids is 1. The Labute approximate surface area is 190 Å². The molecule has 1 amide bonds. The predicted molar refractivity (Wildman–Crippen MR) is 127 cm³/mol. The van der Waals surface area contributed by atoms with Crippen molar-refractivity contribution < 1.29 is 4.79 Å². The van der Waals surface area contributed by atoms with Gasteiger partial charge in [0.1, 0.15) is 0 Å². The van der Waals surface area contributed by atoms with Crippen LogP contribution in [0.25, 0.3) is 0 Å². The summed E-state index contributed by atoms with van der Waals surface area (Å²) in [6.45, 7) is 3.54. The minimum atomic E-state index is -0.0700. The fraction of sp³-hybridized carbons (Fsp3) is 0.200. The average Bonchev–Trinajstić information content (AvgIpc) is 3.46. The molecule has 0 spiro atoms. The van der Waals surface area contributed by atoms with E-state index < -0.39 is 0 Å². The number of thiazole rings is 1. The number of aromatic nitrogens is 2. The molecule has 0 fully saturated rings. The summed E-state index contributed by atoms with van der Waals surface area (Å²) >= 11 is 3.43. The van der Waals surface area contributed by atoms with Crippen molar-refractivity contribution in [3.05, 3.63) is 106 Å². The van der Waals surface area contributed by atoms with Crippen LogP contribution in [0.2, 0.25) is 0 Å². The number of hydrogen-bond acceptors (Lipinski definition) is 4. The standard InChI is InChI=1S/C25H23N3OS2/c1-18-26-21(16-30-18)17-31-22-11-9-20(10-12-22)25(29)28-15-14-27-13-5-8-23(27)24(28)19-6-3-2-4-7-19/h2-13,16,24H,14-15,17H2,1H3. The van der Waals surface area contributed by atoms with Crippen LogP contribution in [0.1, 0.15) is 38.4 Å². The Balaban J connectivity index is 1.36. The molecular weight excluding hydrogens is 422 g/mol. The van der Waals surface area contributed by atoms with Gasteiger partial charge in [-0.05, 0) is 48.9 Å². The average molecular weight is 446 g/mol. The maximum atomic E-state index is 13.5. The van der Waals surface area contributed by atoms with Gasteiger partial charge in [-0.2, -0.15) is 0 Å². The van der Waals surface area contributed by atoms with Gasteiger partial charge in [0.2, 0.25) is 0 Å². The maximum Gasteiger partial charge on any atom is 0.254 e. The second-order valence-electron chi connectivity index (χ2n) is 7.61. The Kier molecular flexibility index (Phi) is 5.66. The highest BCUT2D eigenvalue weighted by Gasteiger charge is 2.32. The van der Waals surface area contributed by atoms with Crippen LogP contribution in [-0.4, -0.2) is 26.9 Å². The van der Waals surface area contributed by atoms with Gasteiger partial charge in [0.25, 0.3) is 5.91 Å². The zero-order chi connectivity index (χ0) is 21.2. The van der Waals surface area contributed by atoms with Crippen LogP contribution in [0.3, 0.4) is 0 Å². The molecule has 4 aromatic rings. The molecular formula is C25H23N3OS2. The third kappa shape index (κ3) is 4.18. The quantitative estimate of drug-likeness (QED) is 0.365. The summed E-state index contributed by atoms with van der Waals surface area (Å²) in [6, 6.07) is 22.4. The van der Waals surface area contributed by atoms with Crippen LogP contribution >= 0.6 is 23.1 Å². The zero-order valence-electron chi connectivity index (χ0n) is 17.3.